The van der Waals surface area contributed by atoms with E-state index < -0.39 is 17.8 Å². The second-order valence-electron chi connectivity index (χ2n) is 2.96. The molecule has 0 aliphatic rings. The molecule has 2 aromatic rings. The number of oxazole rings is 1. The average Bonchev–Trinajstić information content (AvgIpc) is 2.67. The summed E-state index contributed by atoms with van der Waals surface area (Å²) >= 11 is 0. The van der Waals surface area contributed by atoms with E-state index >= 15 is 0 Å². The maximum absolute atomic E-state index is 12.6. The highest BCUT2D eigenvalue weighted by Crippen LogP contribution is 2.31. The van der Waals surface area contributed by atoms with Crippen molar-refractivity contribution in [1.29, 1.82) is 0 Å². The molecular weight excluding hydrogens is 226 g/mol. The number of nitrogens with zero attached hydrogens (tertiary/aromatic N) is 1. The highest BCUT2D eigenvalue weighted by Gasteiger charge is 2.36. The molecule has 2 rings (SSSR count). The molecule has 83 valence electrons. The molecule has 6 heteroatoms. The lowest BCUT2D eigenvalue weighted by Gasteiger charge is -1.99. The number of rotatable bonds is 1. The van der Waals surface area contributed by atoms with Gasteiger partial charge in [-0.3, -0.25) is 0 Å². The topological polar surface area (TPSA) is 26.0 Å². The molecule has 0 saturated heterocycles. The first-order valence-corrected chi connectivity index (χ1v) is 4.18. The Balaban J connectivity index is 2.35. The fourth-order valence-corrected chi connectivity index (χ4v) is 1.08. The van der Waals surface area contributed by atoms with Crippen molar-refractivity contribution in [2.45, 2.75) is 6.18 Å². The van der Waals surface area contributed by atoms with E-state index in [1.54, 1.807) is 6.20 Å². The third kappa shape index (κ3) is 2.05. The predicted octanol–water partition coefficient (Wildman–Crippen LogP) is 3.30. The monoisotopic (exact) mass is 230 g/mol. The van der Waals surface area contributed by atoms with E-state index in [1.807, 2.05) is 0 Å². The molecule has 0 aliphatic carbocycles. The number of aromatic nitrogens is 1. The zero-order valence-electron chi connectivity index (χ0n) is 7.68. The normalized spacial score (nSPS) is 11.8. The lowest BCUT2D eigenvalue weighted by molar-refractivity contribution is -0.152. The molecule has 1 heterocycles. The number of halogens is 4. The van der Waals surface area contributed by atoms with E-state index in [0.717, 1.165) is 12.1 Å². The van der Waals surface area contributed by atoms with E-state index in [-0.39, 0.29) is 11.5 Å². The van der Waals surface area contributed by atoms with Gasteiger partial charge in [0.25, 0.3) is 0 Å². The maximum atomic E-state index is 12.6. The van der Waals surface area contributed by atoms with E-state index in [0.29, 0.717) is 0 Å². The molecule has 0 aliphatic heterocycles. The predicted molar refractivity (Wildman–Crippen MR) is 45.7 cm³/mol. The molecule has 0 N–H and O–H groups in total. The summed E-state index contributed by atoms with van der Waals surface area (Å²) in [5.41, 5.74) is 0.258. The van der Waals surface area contributed by atoms with Crippen LogP contribution in [-0.2, 0) is 6.18 Å². The third-order valence-corrected chi connectivity index (χ3v) is 1.81. The molecule has 1 aromatic heterocycles. The van der Waals surface area contributed by atoms with Gasteiger partial charge in [0.1, 0.15) is 12.0 Å². The van der Waals surface area contributed by atoms with Crippen molar-refractivity contribution in [3.05, 3.63) is 42.0 Å². The fourth-order valence-electron chi connectivity index (χ4n) is 1.08. The van der Waals surface area contributed by atoms with E-state index in [4.69, 9.17) is 0 Å². The second-order valence-corrected chi connectivity index (χ2v) is 2.96. The largest absolute Gasteiger partial charge is 0.451 e. The standard InChI is InChI=1S/C10H4F4NO/c11-7-3-1-6(2-4-7)9-15-5-8(16-9)10(12,13)14/h1-4H. The summed E-state index contributed by atoms with van der Waals surface area (Å²) in [6.45, 7) is 0. The van der Waals surface area contributed by atoms with E-state index in [9.17, 15) is 17.6 Å². The van der Waals surface area contributed by atoms with Crippen molar-refractivity contribution in [2.24, 2.45) is 0 Å². The van der Waals surface area contributed by atoms with E-state index in [1.165, 1.54) is 12.1 Å². The summed E-state index contributed by atoms with van der Waals surface area (Å²) in [7, 11) is 0. The SMILES string of the molecule is Fc1ccc(-c2n[c]c(C(F)(F)F)o2)cc1. The smallest absolute Gasteiger partial charge is 0.431 e. The Kier molecular flexibility index (Phi) is 2.41. The van der Waals surface area contributed by atoms with Gasteiger partial charge in [-0.2, -0.15) is 13.2 Å². The van der Waals surface area contributed by atoms with Gasteiger partial charge in [-0.05, 0) is 24.3 Å². The number of benzene rings is 1. The molecule has 1 radical (unpaired) electrons. The van der Waals surface area contributed by atoms with Crippen molar-refractivity contribution >= 4 is 0 Å². The number of alkyl halides is 3. The van der Waals surface area contributed by atoms with Crippen molar-refractivity contribution < 1.29 is 22.0 Å². The Morgan fingerprint density at radius 1 is 1.12 bits per heavy atom. The zero-order chi connectivity index (χ0) is 11.8. The first-order chi connectivity index (χ1) is 7.47. The minimum absolute atomic E-state index is 0.243. The summed E-state index contributed by atoms with van der Waals surface area (Å²) < 4.78 is 53.5. The lowest BCUT2D eigenvalue weighted by Crippen LogP contribution is -2.02. The van der Waals surface area contributed by atoms with Crippen LogP contribution in [0.15, 0.2) is 28.7 Å². The second kappa shape index (κ2) is 3.62. The zero-order valence-corrected chi connectivity index (χ0v) is 7.68. The molecule has 1 aromatic carbocycles. The van der Waals surface area contributed by atoms with Crippen LogP contribution in [0.3, 0.4) is 0 Å². The van der Waals surface area contributed by atoms with Gasteiger partial charge >= 0.3 is 6.18 Å². The van der Waals surface area contributed by atoms with E-state index in [2.05, 4.69) is 9.40 Å². The summed E-state index contributed by atoms with van der Waals surface area (Å²) in [6, 6.07) is 4.75. The first-order valence-electron chi connectivity index (χ1n) is 4.18. The quantitative estimate of drug-likeness (QED) is 0.702. The molecule has 0 spiro atoms. The fraction of sp³-hybridized carbons (Fsp3) is 0.100. The van der Waals surface area contributed by atoms with Gasteiger partial charge < -0.3 is 4.42 Å². The molecule has 0 atom stereocenters. The Bertz CT molecular complexity index is 486. The molecule has 0 amide bonds. The van der Waals surface area contributed by atoms with Crippen LogP contribution in [0.4, 0.5) is 17.6 Å². The molecule has 0 unspecified atom stereocenters. The Hall–Kier alpha value is -1.85. The van der Waals surface area contributed by atoms with Crippen molar-refractivity contribution in [3.63, 3.8) is 0 Å². The van der Waals surface area contributed by atoms with Gasteiger partial charge in [0, 0.05) is 5.56 Å². The van der Waals surface area contributed by atoms with Gasteiger partial charge in [-0.15, -0.1) is 0 Å². The molecule has 16 heavy (non-hydrogen) atoms. The molecule has 0 saturated carbocycles. The van der Waals surface area contributed by atoms with Crippen molar-refractivity contribution in [2.75, 3.05) is 0 Å². The van der Waals surface area contributed by atoms with Crippen LogP contribution < -0.4 is 0 Å². The van der Waals surface area contributed by atoms with Gasteiger partial charge in [0.15, 0.2) is 0 Å². The highest BCUT2D eigenvalue weighted by molar-refractivity contribution is 5.52. The van der Waals surface area contributed by atoms with Gasteiger partial charge in [0.2, 0.25) is 11.7 Å². The Morgan fingerprint density at radius 2 is 1.75 bits per heavy atom. The minimum atomic E-state index is -4.62. The van der Waals surface area contributed by atoms with Gasteiger partial charge in [-0.1, -0.05) is 0 Å². The van der Waals surface area contributed by atoms with Crippen LogP contribution in [0.25, 0.3) is 11.5 Å². The van der Waals surface area contributed by atoms with Gasteiger partial charge in [-0.25, -0.2) is 9.37 Å². The van der Waals surface area contributed by atoms with Crippen LogP contribution in [0.1, 0.15) is 5.76 Å². The van der Waals surface area contributed by atoms with Crippen LogP contribution >= 0.6 is 0 Å². The highest BCUT2D eigenvalue weighted by atomic mass is 19.4. The summed E-state index contributed by atoms with van der Waals surface area (Å²) in [5.74, 6) is -2.03. The number of hydrogen-bond acceptors (Lipinski definition) is 2. The first kappa shape index (κ1) is 10.7. The summed E-state index contributed by atoms with van der Waals surface area (Å²) in [4.78, 5) is 3.35. The molecule has 2 nitrogen and oxygen atoms in total. The van der Waals surface area contributed by atoms with Crippen molar-refractivity contribution in [3.8, 4) is 11.5 Å². The molecule has 0 fully saturated rings. The lowest BCUT2D eigenvalue weighted by atomic mass is 10.2. The number of hydrogen-bond donors (Lipinski definition) is 0. The maximum Gasteiger partial charge on any atom is 0.451 e. The van der Waals surface area contributed by atoms with Crippen molar-refractivity contribution in [1.82, 2.24) is 4.98 Å². The van der Waals surface area contributed by atoms with Crippen LogP contribution in [0.5, 0.6) is 0 Å². The average molecular weight is 230 g/mol. The van der Waals surface area contributed by atoms with Crippen LogP contribution in [0, 0.1) is 12.0 Å². The molecular formula is C10H4F4NO. The molecule has 0 bridgehead atoms. The third-order valence-electron chi connectivity index (χ3n) is 1.81. The Labute approximate surface area is 87.5 Å². The van der Waals surface area contributed by atoms with Crippen LogP contribution in [0.2, 0.25) is 0 Å². The Morgan fingerprint density at radius 3 is 2.25 bits per heavy atom. The van der Waals surface area contributed by atoms with Crippen LogP contribution in [-0.4, -0.2) is 4.98 Å². The summed E-state index contributed by atoms with van der Waals surface area (Å²) in [6.07, 6.45) is -2.90. The minimum Gasteiger partial charge on any atom is -0.431 e. The summed E-state index contributed by atoms with van der Waals surface area (Å²) in [5, 5.41) is 0. The van der Waals surface area contributed by atoms with Gasteiger partial charge in [0.05, 0.1) is 0 Å².